The topological polar surface area (TPSA) is 90.2 Å². The molecule has 0 saturated carbocycles. The van der Waals surface area contributed by atoms with E-state index in [9.17, 15) is 14.4 Å². The maximum absolute atomic E-state index is 14.0. The van der Waals surface area contributed by atoms with Crippen molar-refractivity contribution >= 4 is 45.8 Å². The minimum absolute atomic E-state index is 0.0940. The van der Waals surface area contributed by atoms with Crippen LogP contribution in [0.15, 0.2) is 62.8 Å². The minimum atomic E-state index is -0.691. The second-order valence-corrected chi connectivity index (χ2v) is 10.7. The lowest BCUT2D eigenvalue weighted by molar-refractivity contribution is -0.140. The first kappa shape index (κ1) is 25.3. The molecule has 0 saturated heterocycles. The number of aromatic nitrogens is 1. The highest BCUT2D eigenvalue weighted by Crippen LogP contribution is 2.36. The average molecular weight is 538 g/mol. The molecule has 1 atom stereocenters. The average Bonchev–Trinajstić information content (AvgIpc) is 3.59. The third-order valence-corrected chi connectivity index (χ3v) is 8.41. The van der Waals surface area contributed by atoms with Gasteiger partial charge in [-0.25, -0.2) is 9.79 Å². The van der Waals surface area contributed by atoms with E-state index < -0.39 is 12.0 Å². The highest BCUT2D eigenvalue weighted by atomic mass is 32.1. The first-order valence-electron chi connectivity index (χ1n) is 12.1. The fraction of sp³-hybridized carbons (Fsp3) is 0.333. The number of hydrogen-bond donors (Lipinski definition) is 0. The number of unbranched alkanes of at least 4 members (excludes halogenated alkanes) is 1. The van der Waals surface area contributed by atoms with Gasteiger partial charge in [0.05, 0.1) is 29.1 Å². The molecule has 10 heteroatoms. The third-order valence-electron chi connectivity index (χ3n) is 6.44. The molecule has 1 amide bonds. The van der Waals surface area contributed by atoms with E-state index in [1.54, 1.807) is 11.8 Å². The van der Waals surface area contributed by atoms with Gasteiger partial charge in [0.25, 0.3) is 11.5 Å². The Kier molecular flexibility index (Phi) is 7.23. The van der Waals surface area contributed by atoms with Gasteiger partial charge >= 0.3 is 5.97 Å². The summed E-state index contributed by atoms with van der Waals surface area (Å²) in [5.74, 6) is -0.717. The summed E-state index contributed by atoms with van der Waals surface area (Å²) in [5, 5.41) is 1.90. The van der Waals surface area contributed by atoms with Crippen molar-refractivity contribution in [3.05, 3.63) is 83.2 Å². The van der Waals surface area contributed by atoms with Crippen molar-refractivity contribution in [3.63, 3.8) is 0 Å². The molecule has 0 radical (unpaired) electrons. The molecule has 0 aliphatic carbocycles. The van der Waals surface area contributed by atoms with Crippen molar-refractivity contribution in [1.29, 1.82) is 0 Å². The van der Waals surface area contributed by atoms with Crippen LogP contribution >= 0.6 is 22.7 Å². The number of rotatable bonds is 8. The molecule has 1 aromatic carbocycles. The molecular formula is C27H27N3O5S2. The van der Waals surface area contributed by atoms with Gasteiger partial charge in [-0.05, 0) is 30.9 Å². The zero-order valence-corrected chi connectivity index (χ0v) is 22.5. The quantitative estimate of drug-likeness (QED) is 0.326. The van der Waals surface area contributed by atoms with Crippen molar-refractivity contribution in [2.75, 3.05) is 31.8 Å². The first-order chi connectivity index (χ1) is 18.0. The van der Waals surface area contributed by atoms with E-state index >= 15 is 0 Å². The standard InChI is InChI=1S/C27H27N3O5S2/c1-4-5-12-29-18-10-7-6-9-17(18)21(24(29)31)23-25(32)30-22(19-11-8-15-36-19)20(16(2)28-27(30)37-23)26(33)35-14-13-34-3/h6-11,15,22H,4-5,12-14H2,1-3H3/b23-21-/t22-/m1/s1. The molecule has 0 bridgehead atoms. The fourth-order valence-electron chi connectivity index (χ4n) is 4.68. The van der Waals surface area contributed by atoms with Crippen molar-refractivity contribution in [3.8, 4) is 0 Å². The molecule has 2 aliphatic heterocycles. The van der Waals surface area contributed by atoms with Crippen molar-refractivity contribution in [2.24, 2.45) is 4.99 Å². The number of benzene rings is 1. The smallest absolute Gasteiger partial charge is 0.338 e. The van der Waals surface area contributed by atoms with Crippen molar-refractivity contribution in [2.45, 2.75) is 32.7 Å². The van der Waals surface area contributed by atoms with Crippen LogP contribution < -0.4 is 19.8 Å². The lowest BCUT2D eigenvalue weighted by atomic mass is 10.0. The van der Waals surface area contributed by atoms with Crippen LogP contribution in [-0.4, -0.2) is 43.3 Å². The molecule has 8 nitrogen and oxygen atoms in total. The number of hydrogen-bond acceptors (Lipinski definition) is 8. The Hall–Kier alpha value is -3.34. The lowest BCUT2D eigenvalue weighted by Crippen LogP contribution is -2.40. The van der Waals surface area contributed by atoms with Crippen molar-refractivity contribution in [1.82, 2.24) is 4.57 Å². The largest absolute Gasteiger partial charge is 0.460 e. The monoisotopic (exact) mass is 537 g/mol. The van der Waals surface area contributed by atoms with Crippen LogP contribution in [0.5, 0.6) is 0 Å². The second-order valence-electron chi connectivity index (χ2n) is 8.75. The number of thiazole rings is 1. The molecule has 0 unspecified atom stereocenters. The van der Waals surface area contributed by atoms with Gasteiger partial charge in [0.2, 0.25) is 0 Å². The molecule has 5 rings (SSSR count). The number of thiophene rings is 1. The fourth-order valence-corrected chi connectivity index (χ4v) is 6.64. The van der Waals surface area contributed by atoms with Crippen LogP contribution in [0.4, 0.5) is 5.69 Å². The Morgan fingerprint density at radius 1 is 1.14 bits per heavy atom. The Morgan fingerprint density at radius 2 is 1.95 bits per heavy atom. The number of fused-ring (bicyclic) bond motifs is 2. The van der Waals surface area contributed by atoms with Crippen LogP contribution in [0.25, 0.3) is 5.57 Å². The number of methoxy groups -OCH3 is 1. The van der Waals surface area contributed by atoms with Gasteiger partial charge < -0.3 is 14.4 Å². The number of allylic oxidation sites excluding steroid dienone is 1. The van der Waals surface area contributed by atoms with Gasteiger partial charge in [0, 0.05) is 24.1 Å². The number of anilines is 1. The number of para-hydroxylation sites is 1. The summed E-state index contributed by atoms with van der Waals surface area (Å²) in [7, 11) is 1.53. The summed E-state index contributed by atoms with van der Waals surface area (Å²) >= 11 is 2.64. The van der Waals surface area contributed by atoms with E-state index in [1.165, 1.54) is 34.4 Å². The SMILES string of the molecule is CCCCN1C(=O)/C(=c2\sc3n(c2=O)[C@H](c2cccs2)C(C(=O)OCCOC)=C(C)N=3)c2ccccc21. The summed E-state index contributed by atoms with van der Waals surface area (Å²) in [6.07, 6.45) is 1.81. The molecule has 0 fully saturated rings. The Bertz CT molecular complexity index is 1570. The van der Waals surface area contributed by atoms with Crippen LogP contribution in [0.2, 0.25) is 0 Å². The summed E-state index contributed by atoms with van der Waals surface area (Å²) in [4.78, 5) is 48.5. The van der Waals surface area contributed by atoms with E-state index in [1.807, 2.05) is 41.8 Å². The molecule has 0 spiro atoms. The predicted molar refractivity (Wildman–Crippen MR) is 144 cm³/mol. The number of ether oxygens (including phenoxy) is 2. The maximum atomic E-state index is 14.0. The van der Waals surface area contributed by atoms with Gasteiger partial charge in [0.1, 0.15) is 17.2 Å². The Labute approximate surface area is 221 Å². The van der Waals surface area contributed by atoms with Gasteiger partial charge in [-0.2, -0.15) is 0 Å². The molecule has 37 heavy (non-hydrogen) atoms. The molecule has 0 N–H and O–H groups in total. The minimum Gasteiger partial charge on any atom is -0.460 e. The summed E-state index contributed by atoms with van der Waals surface area (Å²) in [6.45, 7) is 4.77. The lowest BCUT2D eigenvalue weighted by Gasteiger charge is -2.23. The predicted octanol–water partition coefficient (Wildman–Crippen LogP) is 3.00. The van der Waals surface area contributed by atoms with Gasteiger partial charge in [-0.1, -0.05) is 48.9 Å². The van der Waals surface area contributed by atoms with E-state index in [4.69, 9.17) is 9.47 Å². The number of carbonyl (C=O) groups is 2. The third kappa shape index (κ3) is 4.39. The van der Waals surface area contributed by atoms with E-state index in [0.717, 1.165) is 29.0 Å². The number of nitrogens with zero attached hydrogens (tertiary/aromatic N) is 3. The van der Waals surface area contributed by atoms with E-state index in [0.29, 0.717) is 32.7 Å². The highest BCUT2D eigenvalue weighted by Gasteiger charge is 2.37. The van der Waals surface area contributed by atoms with Gasteiger partial charge in [-0.3, -0.25) is 14.2 Å². The van der Waals surface area contributed by atoms with Crippen LogP contribution in [0, 0.1) is 0 Å². The Balaban J connectivity index is 1.71. The van der Waals surface area contributed by atoms with Crippen LogP contribution in [0.3, 0.4) is 0 Å². The first-order valence-corrected chi connectivity index (χ1v) is 13.8. The van der Waals surface area contributed by atoms with Crippen LogP contribution in [0.1, 0.15) is 43.2 Å². The summed E-state index contributed by atoms with van der Waals surface area (Å²) in [6, 6.07) is 10.6. The van der Waals surface area contributed by atoms with E-state index in [-0.39, 0.29) is 24.7 Å². The number of amides is 1. The van der Waals surface area contributed by atoms with Crippen LogP contribution in [-0.2, 0) is 19.1 Å². The molecule has 3 aromatic rings. The molecule has 2 aromatic heterocycles. The zero-order valence-electron chi connectivity index (χ0n) is 20.9. The molecule has 192 valence electrons. The van der Waals surface area contributed by atoms with Gasteiger partial charge in [0.15, 0.2) is 4.80 Å². The molecular weight excluding hydrogens is 510 g/mol. The summed E-state index contributed by atoms with van der Waals surface area (Å²) < 4.78 is 12.3. The second kappa shape index (κ2) is 10.6. The van der Waals surface area contributed by atoms with E-state index in [2.05, 4.69) is 11.9 Å². The highest BCUT2D eigenvalue weighted by molar-refractivity contribution is 7.10. The molecule has 2 aliphatic rings. The van der Waals surface area contributed by atoms with Gasteiger partial charge in [-0.15, -0.1) is 11.3 Å². The summed E-state index contributed by atoms with van der Waals surface area (Å²) in [5.41, 5.74) is 2.41. The molecule has 4 heterocycles. The zero-order chi connectivity index (χ0) is 26.1. The number of carbonyl (C=O) groups excluding carboxylic acids is 2. The number of esters is 1. The maximum Gasteiger partial charge on any atom is 0.338 e. The Morgan fingerprint density at radius 3 is 2.68 bits per heavy atom. The van der Waals surface area contributed by atoms with Crippen molar-refractivity contribution < 1.29 is 19.1 Å². The normalized spacial score (nSPS) is 18.1.